The van der Waals surface area contributed by atoms with E-state index in [0.29, 0.717) is 6.54 Å². The van der Waals surface area contributed by atoms with Gasteiger partial charge in [0.15, 0.2) is 0 Å². The van der Waals surface area contributed by atoms with Crippen molar-refractivity contribution in [1.29, 1.82) is 0 Å². The molecule has 0 spiro atoms. The van der Waals surface area contributed by atoms with Crippen LogP contribution >= 0.6 is 0 Å². The molecule has 2 unspecified atom stereocenters. The number of hydrogen-bond acceptors (Lipinski definition) is 6. The van der Waals surface area contributed by atoms with Crippen molar-refractivity contribution in [3.05, 3.63) is 35.9 Å². The second kappa shape index (κ2) is 9.80. The zero-order chi connectivity index (χ0) is 22.4. The van der Waals surface area contributed by atoms with E-state index in [4.69, 9.17) is 14.2 Å². The molecule has 1 aliphatic heterocycles. The van der Waals surface area contributed by atoms with Crippen LogP contribution in [0.3, 0.4) is 0 Å². The molecular weight excluding hydrogens is 392 g/mol. The van der Waals surface area contributed by atoms with Gasteiger partial charge in [0, 0.05) is 6.54 Å². The number of ether oxygens (including phenoxy) is 3. The van der Waals surface area contributed by atoms with Crippen LogP contribution in [0.4, 0.5) is 9.59 Å². The number of nitrogens with zero attached hydrogens (tertiary/aromatic N) is 1. The zero-order valence-corrected chi connectivity index (χ0v) is 17.8. The molecule has 2 N–H and O–H groups in total. The molecule has 2 atom stereocenters. The van der Waals surface area contributed by atoms with Crippen molar-refractivity contribution in [3.63, 3.8) is 0 Å². The lowest BCUT2D eigenvalue weighted by Crippen LogP contribution is -2.62. The van der Waals surface area contributed by atoms with E-state index in [1.165, 1.54) is 4.90 Å². The number of nitrogens with one attached hydrogen (secondary N) is 1. The molecule has 2 rings (SSSR count). The fourth-order valence-corrected chi connectivity index (χ4v) is 3.07. The van der Waals surface area contributed by atoms with Crippen LogP contribution in [-0.4, -0.2) is 65.1 Å². The quantitative estimate of drug-likeness (QED) is 0.724. The third-order valence-corrected chi connectivity index (χ3v) is 4.55. The molecule has 0 bridgehead atoms. The van der Waals surface area contributed by atoms with Crippen LogP contribution in [0.15, 0.2) is 30.3 Å². The van der Waals surface area contributed by atoms with Gasteiger partial charge in [-0.3, -0.25) is 4.79 Å². The van der Waals surface area contributed by atoms with Crippen LogP contribution in [-0.2, 0) is 25.6 Å². The Morgan fingerprint density at radius 3 is 2.47 bits per heavy atom. The summed E-state index contributed by atoms with van der Waals surface area (Å²) in [4.78, 5) is 37.7. The molecule has 0 saturated carbocycles. The van der Waals surface area contributed by atoms with Gasteiger partial charge in [0.2, 0.25) is 0 Å². The van der Waals surface area contributed by atoms with Crippen LogP contribution in [0.1, 0.15) is 39.7 Å². The maximum absolute atomic E-state index is 12.4. The summed E-state index contributed by atoms with van der Waals surface area (Å²) in [7, 11) is 0. The lowest BCUT2D eigenvalue weighted by atomic mass is 9.89. The molecule has 30 heavy (non-hydrogen) atoms. The van der Waals surface area contributed by atoms with Gasteiger partial charge in [-0.05, 0) is 33.3 Å². The molecule has 1 aromatic rings. The monoisotopic (exact) mass is 422 g/mol. The number of alkyl carbamates (subject to hydrolysis) is 1. The number of amides is 2. The molecule has 166 valence electrons. The first kappa shape index (κ1) is 23.5. The third kappa shape index (κ3) is 7.22. The minimum atomic E-state index is -1.29. The minimum absolute atomic E-state index is 0.0470. The van der Waals surface area contributed by atoms with Gasteiger partial charge in [-0.15, -0.1) is 0 Å². The maximum Gasteiger partial charge on any atom is 0.410 e. The van der Waals surface area contributed by atoms with Crippen molar-refractivity contribution in [2.24, 2.45) is 0 Å². The highest BCUT2D eigenvalue weighted by Gasteiger charge is 2.43. The topological polar surface area (TPSA) is 114 Å². The van der Waals surface area contributed by atoms with Gasteiger partial charge in [-0.25, -0.2) is 9.59 Å². The van der Waals surface area contributed by atoms with Crippen molar-refractivity contribution >= 4 is 18.2 Å². The molecule has 0 aliphatic carbocycles. The van der Waals surface area contributed by atoms with Crippen molar-refractivity contribution in [1.82, 2.24) is 10.2 Å². The lowest BCUT2D eigenvalue weighted by molar-refractivity contribution is -0.142. The molecule has 0 radical (unpaired) electrons. The lowest BCUT2D eigenvalue weighted by Gasteiger charge is -2.42. The van der Waals surface area contributed by atoms with Crippen LogP contribution < -0.4 is 5.32 Å². The van der Waals surface area contributed by atoms with Gasteiger partial charge >= 0.3 is 18.2 Å². The predicted molar refractivity (Wildman–Crippen MR) is 108 cm³/mol. The molecule has 9 nitrogen and oxygen atoms in total. The summed E-state index contributed by atoms with van der Waals surface area (Å²) < 4.78 is 16.4. The highest BCUT2D eigenvalue weighted by atomic mass is 16.6. The molecule has 1 aromatic carbocycles. The average Bonchev–Trinajstić information content (AvgIpc) is 2.65. The van der Waals surface area contributed by atoms with E-state index < -0.39 is 41.8 Å². The Bertz CT molecular complexity index is 747. The van der Waals surface area contributed by atoms with E-state index in [-0.39, 0.29) is 19.8 Å². The number of hydrogen-bond donors (Lipinski definition) is 2. The first-order chi connectivity index (χ1) is 14.0. The highest BCUT2D eigenvalue weighted by molar-refractivity contribution is 5.73. The smallest absolute Gasteiger partial charge is 0.410 e. The van der Waals surface area contributed by atoms with Gasteiger partial charge in [0.25, 0.3) is 0 Å². The minimum Gasteiger partial charge on any atom is -0.481 e. The van der Waals surface area contributed by atoms with Gasteiger partial charge in [0.05, 0.1) is 31.2 Å². The number of carboxylic acids is 1. The van der Waals surface area contributed by atoms with E-state index in [1.807, 2.05) is 30.3 Å². The first-order valence-corrected chi connectivity index (χ1v) is 9.79. The number of carbonyl (C=O) groups is 3. The van der Waals surface area contributed by atoms with Gasteiger partial charge in [0.1, 0.15) is 12.2 Å². The summed E-state index contributed by atoms with van der Waals surface area (Å²) in [6.07, 6.45) is -2.43. The van der Waals surface area contributed by atoms with E-state index >= 15 is 0 Å². The largest absolute Gasteiger partial charge is 0.481 e. The van der Waals surface area contributed by atoms with Crippen LogP contribution in [0.2, 0.25) is 0 Å². The van der Waals surface area contributed by atoms with Crippen LogP contribution in [0, 0.1) is 0 Å². The standard InChI is InChI=1S/C21H30N2O7/c1-20(2,3)30-19(27)23-10-11-28-16(13-23)21(4,12-17(24)25)22-18(26)29-14-15-8-6-5-7-9-15/h5-9,16H,10-14H2,1-4H3,(H,22,26)(H,24,25). The normalized spacial score (nSPS) is 18.8. The van der Waals surface area contributed by atoms with E-state index in [9.17, 15) is 19.5 Å². The summed E-state index contributed by atoms with van der Waals surface area (Å²) >= 11 is 0. The van der Waals surface area contributed by atoms with Gasteiger partial charge in [-0.1, -0.05) is 30.3 Å². The second-order valence-corrected chi connectivity index (χ2v) is 8.46. The number of morpholine rings is 1. The Labute approximate surface area is 176 Å². The first-order valence-electron chi connectivity index (χ1n) is 9.79. The van der Waals surface area contributed by atoms with E-state index in [2.05, 4.69) is 5.32 Å². The van der Waals surface area contributed by atoms with Crippen molar-refractivity contribution in [2.75, 3.05) is 19.7 Å². The summed E-state index contributed by atoms with van der Waals surface area (Å²) in [5, 5.41) is 12.0. The number of aliphatic carboxylic acids is 1. The number of rotatable bonds is 6. The molecule has 1 saturated heterocycles. The SMILES string of the molecule is CC(C)(C)OC(=O)N1CCOC(C(C)(CC(=O)O)NC(=O)OCc2ccccc2)C1. The van der Waals surface area contributed by atoms with Crippen molar-refractivity contribution in [3.8, 4) is 0 Å². The Balaban J connectivity index is 2.05. The van der Waals surface area contributed by atoms with E-state index in [1.54, 1.807) is 27.7 Å². The maximum atomic E-state index is 12.4. The molecule has 2 amide bonds. The summed E-state index contributed by atoms with van der Waals surface area (Å²) in [5.74, 6) is -1.11. The summed E-state index contributed by atoms with van der Waals surface area (Å²) in [5.41, 5.74) is -1.15. The van der Waals surface area contributed by atoms with Gasteiger partial charge < -0.3 is 29.5 Å². The third-order valence-electron chi connectivity index (χ3n) is 4.55. The van der Waals surface area contributed by atoms with E-state index in [0.717, 1.165) is 5.56 Å². The number of benzene rings is 1. The summed E-state index contributed by atoms with van der Waals surface area (Å²) in [6.45, 7) is 7.50. The Morgan fingerprint density at radius 1 is 1.20 bits per heavy atom. The average molecular weight is 422 g/mol. The van der Waals surface area contributed by atoms with Gasteiger partial charge in [-0.2, -0.15) is 0 Å². The molecular formula is C21H30N2O7. The number of carboxylic acid groups (broad SMARTS) is 1. The molecule has 1 fully saturated rings. The van der Waals surface area contributed by atoms with Crippen LogP contribution in [0.25, 0.3) is 0 Å². The zero-order valence-electron chi connectivity index (χ0n) is 17.8. The Kier molecular flexibility index (Phi) is 7.66. The molecule has 9 heteroatoms. The molecule has 1 aliphatic rings. The van der Waals surface area contributed by atoms with Crippen molar-refractivity contribution < 1.29 is 33.7 Å². The Morgan fingerprint density at radius 2 is 1.87 bits per heavy atom. The number of carbonyl (C=O) groups excluding carboxylic acids is 2. The second-order valence-electron chi connectivity index (χ2n) is 8.46. The van der Waals surface area contributed by atoms with Crippen LogP contribution in [0.5, 0.6) is 0 Å². The molecule has 1 heterocycles. The molecule has 0 aromatic heterocycles. The Hall–Kier alpha value is -2.81. The van der Waals surface area contributed by atoms with Crippen molar-refractivity contribution in [2.45, 2.75) is 58.0 Å². The predicted octanol–water partition coefficient (Wildman–Crippen LogP) is 2.78. The summed E-state index contributed by atoms with van der Waals surface area (Å²) in [6, 6.07) is 9.13. The highest BCUT2D eigenvalue weighted by Crippen LogP contribution is 2.24. The fraction of sp³-hybridized carbons (Fsp3) is 0.571. The fourth-order valence-electron chi connectivity index (χ4n) is 3.07.